The highest BCUT2D eigenvalue weighted by Gasteiger charge is 2.19. The van der Waals surface area contributed by atoms with Gasteiger partial charge in [-0.3, -0.25) is 0 Å². The lowest BCUT2D eigenvalue weighted by molar-refractivity contribution is 0.281. The van der Waals surface area contributed by atoms with Gasteiger partial charge in [-0.15, -0.1) is 0 Å². The van der Waals surface area contributed by atoms with Gasteiger partial charge < -0.3 is 15.7 Å². The van der Waals surface area contributed by atoms with E-state index in [1.165, 1.54) is 0 Å². The topological polar surface area (TPSA) is 70.1 Å². The van der Waals surface area contributed by atoms with Crippen molar-refractivity contribution in [2.24, 2.45) is 0 Å². The molecule has 1 aromatic rings. The first-order valence-electron chi connectivity index (χ1n) is 6.87. The molecular formula is C14H26N4O. The maximum absolute atomic E-state index is 9.11. The first-order valence-corrected chi connectivity index (χ1v) is 6.87. The number of nitrogens with one attached hydrogen (secondary N) is 2. The predicted molar refractivity (Wildman–Crippen MR) is 79.7 cm³/mol. The van der Waals surface area contributed by atoms with Gasteiger partial charge in [0, 0.05) is 24.1 Å². The SMILES string of the molecule is CCCNc1cc(NC(C)CO)nc(C(C)(C)C)n1. The average molecular weight is 266 g/mol. The van der Waals surface area contributed by atoms with Crippen molar-refractivity contribution in [1.29, 1.82) is 0 Å². The molecule has 0 radical (unpaired) electrons. The molecule has 0 aromatic carbocycles. The monoisotopic (exact) mass is 266 g/mol. The third kappa shape index (κ3) is 5.03. The van der Waals surface area contributed by atoms with Crippen LogP contribution in [0.1, 0.15) is 46.9 Å². The van der Waals surface area contributed by atoms with Gasteiger partial charge in [0.1, 0.15) is 17.5 Å². The Kier molecular flexibility index (Phi) is 5.54. The Morgan fingerprint density at radius 2 is 1.89 bits per heavy atom. The molecule has 108 valence electrons. The van der Waals surface area contributed by atoms with Crippen LogP contribution in [0.25, 0.3) is 0 Å². The Labute approximate surface area is 115 Å². The molecule has 5 heteroatoms. The number of anilines is 2. The van der Waals surface area contributed by atoms with Crippen LogP contribution in [0.4, 0.5) is 11.6 Å². The molecule has 1 atom stereocenters. The van der Waals surface area contributed by atoms with Crippen LogP contribution < -0.4 is 10.6 Å². The fourth-order valence-corrected chi connectivity index (χ4v) is 1.50. The fourth-order valence-electron chi connectivity index (χ4n) is 1.50. The average Bonchev–Trinajstić information content (AvgIpc) is 2.34. The molecule has 19 heavy (non-hydrogen) atoms. The van der Waals surface area contributed by atoms with Crippen LogP contribution in [-0.2, 0) is 5.41 Å². The van der Waals surface area contributed by atoms with Crippen molar-refractivity contribution >= 4 is 11.6 Å². The second-order valence-corrected chi connectivity index (χ2v) is 5.87. The lowest BCUT2D eigenvalue weighted by Gasteiger charge is -2.20. The molecular weight excluding hydrogens is 240 g/mol. The quantitative estimate of drug-likeness (QED) is 0.737. The number of hydrogen-bond acceptors (Lipinski definition) is 5. The van der Waals surface area contributed by atoms with Crippen molar-refractivity contribution in [2.75, 3.05) is 23.8 Å². The van der Waals surface area contributed by atoms with Crippen molar-refractivity contribution in [3.8, 4) is 0 Å². The van der Waals surface area contributed by atoms with E-state index < -0.39 is 0 Å². The van der Waals surface area contributed by atoms with E-state index in [0.717, 1.165) is 30.4 Å². The largest absolute Gasteiger partial charge is 0.394 e. The second-order valence-electron chi connectivity index (χ2n) is 5.87. The number of rotatable bonds is 6. The molecule has 0 saturated heterocycles. The Bertz CT molecular complexity index is 401. The van der Waals surface area contributed by atoms with E-state index in [0.29, 0.717) is 0 Å². The van der Waals surface area contributed by atoms with Gasteiger partial charge in [-0.1, -0.05) is 27.7 Å². The number of hydrogen-bond donors (Lipinski definition) is 3. The Morgan fingerprint density at radius 3 is 2.42 bits per heavy atom. The Balaban J connectivity index is 3.02. The fraction of sp³-hybridized carbons (Fsp3) is 0.714. The van der Waals surface area contributed by atoms with Crippen molar-refractivity contribution < 1.29 is 5.11 Å². The zero-order valence-corrected chi connectivity index (χ0v) is 12.6. The van der Waals surface area contributed by atoms with Crippen LogP contribution in [0, 0.1) is 0 Å². The summed E-state index contributed by atoms with van der Waals surface area (Å²) in [6.07, 6.45) is 1.05. The molecule has 1 aromatic heterocycles. The van der Waals surface area contributed by atoms with Gasteiger partial charge in [0.05, 0.1) is 6.61 Å². The highest BCUT2D eigenvalue weighted by Crippen LogP contribution is 2.22. The van der Waals surface area contributed by atoms with E-state index in [2.05, 4.69) is 48.3 Å². The van der Waals surface area contributed by atoms with Crippen molar-refractivity contribution in [2.45, 2.75) is 52.5 Å². The molecule has 5 nitrogen and oxygen atoms in total. The summed E-state index contributed by atoms with van der Waals surface area (Å²) in [4.78, 5) is 9.08. The molecule has 0 aliphatic heterocycles. The summed E-state index contributed by atoms with van der Waals surface area (Å²) in [6.45, 7) is 11.3. The standard InChI is InChI=1S/C14H26N4O/c1-6-7-15-11-8-12(16-10(2)9-19)18-13(17-11)14(3,4)5/h8,10,19H,6-7,9H2,1-5H3,(H2,15,16,17,18). The molecule has 1 heterocycles. The van der Waals surface area contributed by atoms with Crippen molar-refractivity contribution in [3.05, 3.63) is 11.9 Å². The van der Waals surface area contributed by atoms with E-state index in [1.807, 2.05) is 13.0 Å². The minimum Gasteiger partial charge on any atom is -0.394 e. The summed E-state index contributed by atoms with van der Waals surface area (Å²) < 4.78 is 0. The van der Waals surface area contributed by atoms with E-state index >= 15 is 0 Å². The van der Waals surface area contributed by atoms with Crippen LogP contribution >= 0.6 is 0 Å². The smallest absolute Gasteiger partial charge is 0.138 e. The highest BCUT2D eigenvalue weighted by atomic mass is 16.3. The lowest BCUT2D eigenvalue weighted by atomic mass is 9.96. The second kappa shape index (κ2) is 6.70. The van der Waals surface area contributed by atoms with Crippen LogP contribution in [0.15, 0.2) is 6.07 Å². The molecule has 3 N–H and O–H groups in total. The van der Waals surface area contributed by atoms with E-state index in [9.17, 15) is 0 Å². The molecule has 1 rings (SSSR count). The maximum atomic E-state index is 9.11. The molecule has 0 fully saturated rings. The molecule has 0 amide bonds. The lowest BCUT2D eigenvalue weighted by Crippen LogP contribution is -2.23. The number of nitrogens with zero attached hydrogens (tertiary/aromatic N) is 2. The summed E-state index contributed by atoms with van der Waals surface area (Å²) in [5.41, 5.74) is -0.108. The van der Waals surface area contributed by atoms with Gasteiger partial charge in [0.2, 0.25) is 0 Å². The molecule has 0 saturated carbocycles. The van der Waals surface area contributed by atoms with E-state index in [4.69, 9.17) is 5.11 Å². The van der Waals surface area contributed by atoms with E-state index in [1.54, 1.807) is 0 Å². The summed E-state index contributed by atoms with van der Waals surface area (Å²) in [5, 5.41) is 15.6. The Morgan fingerprint density at radius 1 is 1.26 bits per heavy atom. The summed E-state index contributed by atoms with van der Waals surface area (Å²) in [6, 6.07) is 1.86. The van der Waals surface area contributed by atoms with Crippen LogP contribution in [0.5, 0.6) is 0 Å². The minimum absolute atomic E-state index is 0.0262. The normalized spacial score (nSPS) is 13.2. The van der Waals surface area contributed by atoms with Gasteiger partial charge in [-0.2, -0.15) is 0 Å². The third-order valence-electron chi connectivity index (χ3n) is 2.62. The Hall–Kier alpha value is -1.36. The molecule has 0 aliphatic carbocycles. The molecule has 0 aliphatic rings. The number of aliphatic hydroxyl groups excluding tert-OH is 1. The van der Waals surface area contributed by atoms with Crippen molar-refractivity contribution in [3.63, 3.8) is 0 Å². The molecule has 0 bridgehead atoms. The predicted octanol–water partition coefficient (Wildman–Crippen LogP) is 2.39. The zero-order chi connectivity index (χ0) is 14.5. The van der Waals surface area contributed by atoms with Gasteiger partial charge >= 0.3 is 0 Å². The van der Waals surface area contributed by atoms with Gasteiger partial charge in [-0.05, 0) is 13.3 Å². The molecule has 0 spiro atoms. The third-order valence-corrected chi connectivity index (χ3v) is 2.62. The first-order chi connectivity index (χ1) is 8.86. The van der Waals surface area contributed by atoms with Crippen LogP contribution in [-0.4, -0.2) is 34.3 Å². The van der Waals surface area contributed by atoms with Gasteiger partial charge in [0.25, 0.3) is 0 Å². The molecule has 1 unspecified atom stereocenters. The van der Waals surface area contributed by atoms with Crippen molar-refractivity contribution in [1.82, 2.24) is 9.97 Å². The zero-order valence-electron chi connectivity index (χ0n) is 12.6. The van der Waals surface area contributed by atoms with Crippen LogP contribution in [0.2, 0.25) is 0 Å². The number of aromatic nitrogens is 2. The van der Waals surface area contributed by atoms with Gasteiger partial charge in [-0.25, -0.2) is 9.97 Å². The van der Waals surface area contributed by atoms with E-state index in [-0.39, 0.29) is 18.1 Å². The van der Waals surface area contributed by atoms with Gasteiger partial charge in [0.15, 0.2) is 0 Å². The first kappa shape index (κ1) is 15.7. The maximum Gasteiger partial charge on any atom is 0.138 e. The number of aliphatic hydroxyl groups is 1. The van der Waals surface area contributed by atoms with Crippen LogP contribution in [0.3, 0.4) is 0 Å². The highest BCUT2D eigenvalue weighted by molar-refractivity contribution is 5.48. The summed E-state index contributed by atoms with van der Waals surface area (Å²) in [7, 11) is 0. The summed E-state index contributed by atoms with van der Waals surface area (Å²) >= 11 is 0. The minimum atomic E-state index is -0.108. The summed E-state index contributed by atoms with van der Waals surface area (Å²) in [5.74, 6) is 2.37.